The molecule has 0 spiro atoms. The monoisotopic (exact) mass is 277 g/mol. The zero-order valence-electron chi connectivity index (χ0n) is 12.4. The van der Waals surface area contributed by atoms with Gasteiger partial charge in [0.25, 0.3) is 0 Å². The van der Waals surface area contributed by atoms with Gasteiger partial charge in [0.2, 0.25) is 0 Å². The van der Waals surface area contributed by atoms with Crippen LogP contribution in [0.1, 0.15) is 57.4 Å². The number of rotatable bonds is 5. The highest BCUT2D eigenvalue weighted by molar-refractivity contribution is 7.10. The van der Waals surface area contributed by atoms with Crippen molar-refractivity contribution in [3.8, 4) is 0 Å². The highest BCUT2D eigenvalue weighted by atomic mass is 32.1. The zero-order chi connectivity index (χ0) is 13.4. The van der Waals surface area contributed by atoms with Crippen LogP contribution in [-0.4, -0.2) is 6.04 Å². The molecule has 2 aliphatic rings. The topological polar surface area (TPSA) is 12.0 Å². The minimum absolute atomic E-state index is 0.536. The van der Waals surface area contributed by atoms with Gasteiger partial charge in [-0.3, -0.25) is 0 Å². The first-order valence-corrected chi connectivity index (χ1v) is 8.82. The Morgan fingerprint density at radius 2 is 2.05 bits per heavy atom. The average molecular weight is 277 g/mol. The smallest absolute Gasteiger partial charge is 0.0440 e. The largest absolute Gasteiger partial charge is 0.306 e. The van der Waals surface area contributed by atoms with Crippen molar-refractivity contribution in [2.75, 3.05) is 0 Å². The molecule has 0 saturated heterocycles. The van der Waals surface area contributed by atoms with Gasteiger partial charge in [0.1, 0.15) is 0 Å². The molecule has 1 N–H and O–H groups in total. The maximum absolute atomic E-state index is 3.96. The first-order chi connectivity index (χ1) is 9.15. The maximum atomic E-state index is 3.96. The quantitative estimate of drug-likeness (QED) is 0.810. The van der Waals surface area contributed by atoms with Crippen molar-refractivity contribution in [3.05, 3.63) is 22.4 Å². The molecule has 5 atom stereocenters. The molecule has 1 nitrogen and oxygen atoms in total. The molecule has 0 radical (unpaired) electrons. The van der Waals surface area contributed by atoms with Crippen LogP contribution in [0.25, 0.3) is 0 Å². The van der Waals surface area contributed by atoms with Gasteiger partial charge in [-0.1, -0.05) is 26.3 Å². The molecule has 2 bridgehead atoms. The van der Waals surface area contributed by atoms with Gasteiger partial charge < -0.3 is 5.32 Å². The van der Waals surface area contributed by atoms with Crippen molar-refractivity contribution >= 4 is 11.3 Å². The Morgan fingerprint density at radius 1 is 1.21 bits per heavy atom. The lowest BCUT2D eigenvalue weighted by Gasteiger charge is -2.33. The van der Waals surface area contributed by atoms with Crippen LogP contribution in [0.15, 0.2) is 17.5 Å². The van der Waals surface area contributed by atoms with Crippen LogP contribution in [0.4, 0.5) is 0 Å². The summed E-state index contributed by atoms with van der Waals surface area (Å²) in [5.41, 5.74) is 0. The van der Waals surface area contributed by atoms with Gasteiger partial charge >= 0.3 is 0 Å². The van der Waals surface area contributed by atoms with Crippen LogP contribution in [0, 0.1) is 23.7 Å². The van der Waals surface area contributed by atoms with Crippen LogP contribution >= 0.6 is 11.3 Å². The highest BCUT2D eigenvalue weighted by Gasteiger charge is 2.42. The second-order valence-electron chi connectivity index (χ2n) is 7.03. The maximum Gasteiger partial charge on any atom is 0.0440 e. The fourth-order valence-electron chi connectivity index (χ4n) is 4.38. The molecule has 0 amide bonds. The summed E-state index contributed by atoms with van der Waals surface area (Å²) in [6, 6.07) is 5.67. The molecule has 5 unspecified atom stereocenters. The Hall–Kier alpha value is -0.340. The minimum Gasteiger partial charge on any atom is -0.306 e. The molecule has 2 saturated carbocycles. The first kappa shape index (κ1) is 13.6. The normalized spacial score (nSPS) is 32.9. The summed E-state index contributed by atoms with van der Waals surface area (Å²) < 4.78 is 0. The summed E-state index contributed by atoms with van der Waals surface area (Å²) in [5.74, 6) is 3.67. The van der Waals surface area contributed by atoms with E-state index < -0.39 is 0 Å². The second-order valence-corrected chi connectivity index (χ2v) is 8.01. The van der Waals surface area contributed by atoms with E-state index in [1.807, 2.05) is 11.3 Å². The third-order valence-electron chi connectivity index (χ3n) is 5.39. The summed E-state index contributed by atoms with van der Waals surface area (Å²) in [4.78, 5) is 1.50. The highest BCUT2D eigenvalue weighted by Crippen LogP contribution is 2.49. The number of hydrogen-bond donors (Lipinski definition) is 1. The van der Waals surface area contributed by atoms with E-state index in [0.29, 0.717) is 18.0 Å². The van der Waals surface area contributed by atoms with E-state index in [4.69, 9.17) is 0 Å². The summed E-state index contributed by atoms with van der Waals surface area (Å²) in [6.45, 7) is 7.10. The van der Waals surface area contributed by atoms with Crippen molar-refractivity contribution in [2.24, 2.45) is 23.7 Å². The summed E-state index contributed by atoms with van der Waals surface area (Å²) in [5, 5.41) is 6.16. The number of nitrogens with one attached hydrogen (secondary N) is 1. The standard InChI is InChI=1S/C17H27NS/c1-11(2)17(16-5-4-8-19-16)18-12(3)15-10-13-6-7-14(15)9-13/h4-5,8,11-15,17-18H,6-7,9-10H2,1-3H3. The lowest BCUT2D eigenvalue weighted by Crippen LogP contribution is -2.40. The van der Waals surface area contributed by atoms with E-state index >= 15 is 0 Å². The molecular weight excluding hydrogens is 250 g/mol. The van der Waals surface area contributed by atoms with Crippen molar-refractivity contribution in [2.45, 2.75) is 58.5 Å². The van der Waals surface area contributed by atoms with Gasteiger partial charge in [-0.25, -0.2) is 0 Å². The fourth-order valence-corrected chi connectivity index (χ4v) is 5.34. The molecule has 19 heavy (non-hydrogen) atoms. The van der Waals surface area contributed by atoms with E-state index in [1.54, 1.807) is 0 Å². The fraction of sp³-hybridized carbons (Fsp3) is 0.765. The Balaban J connectivity index is 1.65. The van der Waals surface area contributed by atoms with Gasteiger partial charge in [-0.2, -0.15) is 0 Å². The molecule has 1 aromatic rings. The predicted molar refractivity (Wildman–Crippen MR) is 83.4 cm³/mol. The number of hydrogen-bond acceptors (Lipinski definition) is 2. The van der Waals surface area contributed by atoms with Gasteiger partial charge in [0.05, 0.1) is 0 Å². The van der Waals surface area contributed by atoms with Crippen LogP contribution < -0.4 is 5.32 Å². The molecule has 0 aromatic carbocycles. The van der Waals surface area contributed by atoms with E-state index in [0.717, 1.165) is 17.8 Å². The molecular formula is C17H27NS. The van der Waals surface area contributed by atoms with Crippen LogP contribution in [-0.2, 0) is 0 Å². The average Bonchev–Trinajstić information content (AvgIpc) is 3.10. The summed E-state index contributed by atoms with van der Waals surface area (Å²) >= 11 is 1.90. The molecule has 106 valence electrons. The lowest BCUT2D eigenvalue weighted by molar-refractivity contribution is 0.231. The molecule has 1 heterocycles. The summed E-state index contributed by atoms with van der Waals surface area (Å²) in [7, 11) is 0. The van der Waals surface area contributed by atoms with E-state index in [2.05, 4.69) is 43.6 Å². The Morgan fingerprint density at radius 3 is 2.58 bits per heavy atom. The molecule has 2 aliphatic carbocycles. The number of fused-ring (bicyclic) bond motifs is 2. The van der Waals surface area contributed by atoms with Crippen LogP contribution in [0.5, 0.6) is 0 Å². The van der Waals surface area contributed by atoms with Crippen molar-refractivity contribution in [1.82, 2.24) is 5.32 Å². The predicted octanol–water partition coefficient (Wildman–Crippen LogP) is 4.86. The van der Waals surface area contributed by atoms with E-state index in [-0.39, 0.29) is 0 Å². The van der Waals surface area contributed by atoms with Crippen molar-refractivity contribution in [1.29, 1.82) is 0 Å². The molecule has 3 rings (SSSR count). The molecule has 2 fully saturated rings. The van der Waals surface area contributed by atoms with Gasteiger partial charge in [-0.05, 0) is 61.3 Å². The molecule has 0 aliphatic heterocycles. The van der Waals surface area contributed by atoms with Gasteiger partial charge in [-0.15, -0.1) is 11.3 Å². The minimum atomic E-state index is 0.536. The SMILES string of the molecule is CC(C)C(NC(C)C1CC2CCC1C2)c1cccs1. The Labute approximate surface area is 121 Å². The summed E-state index contributed by atoms with van der Waals surface area (Å²) in [6.07, 6.45) is 6.00. The van der Waals surface area contributed by atoms with Crippen LogP contribution in [0.3, 0.4) is 0 Å². The Bertz CT molecular complexity index is 397. The Kier molecular flexibility index (Phi) is 4.00. The third-order valence-corrected chi connectivity index (χ3v) is 6.35. The van der Waals surface area contributed by atoms with Crippen LogP contribution in [0.2, 0.25) is 0 Å². The van der Waals surface area contributed by atoms with E-state index in [1.165, 1.54) is 30.6 Å². The van der Waals surface area contributed by atoms with Crippen molar-refractivity contribution in [3.63, 3.8) is 0 Å². The van der Waals surface area contributed by atoms with E-state index in [9.17, 15) is 0 Å². The number of thiophene rings is 1. The zero-order valence-corrected chi connectivity index (χ0v) is 13.2. The molecule has 2 heteroatoms. The second kappa shape index (κ2) is 5.57. The molecule has 1 aromatic heterocycles. The van der Waals surface area contributed by atoms with Crippen molar-refractivity contribution < 1.29 is 0 Å². The van der Waals surface area contributed by atoms with Gasteiger partial charge in [0, 0.05) is 17.0 Å². The first-order valence-electron chi connectivity index (χ1n) is 7.94. The van der Waals surface area contributed by atoms with Gasteiger partial charge in [0.15, 0.2) is 0 Å². The third kappa shape index (κ3) is 2.75. The lowest BCUT2D eigenvalue weighted by atomic mass is 9.83.